The van der Waals surface area contributed by atoms with Crippen LogP contribution in [0, 0.1) is 0 Å². The van der Waals surface area contributed by atoms with Gasteiger partial charge in [0.05, 0.1) is 0 Å². The van der Waals surface area contributed by atoms with Crippen molar-refractivity contribution in [3.63, 3.8) is 0 Å². The van der Waals surface area contributed by atoms with E-state index in [-0.39, 0.29) is 0 Å². The van der Waals surface area contributed by atoms with E-state index in [1.165, 1.54) is 44.3 Å². The molecule has 1 rings (SSSR count). The maximum Gasteiger partial charge on any atom is 0.00454 e. The Morgan fingerprint density at radius 3 is 2.42 bits per heavy atom. The second-order valence-corrected chi connectivity index (χ2v) is 13.4. The van der Waals surface area contributed by atoms with Gasteiger partial charge in [0, 0.05) is 5.75 Å². The molecule has 0 saturated heterocycles. The molecule has 0 nitrogen and oxygen atoms in total. The van der Waals surface area contributed by atoms with Crippen LogP contribution in [-0.2, 0) is 0 Å². The van der Waals surface area contributed by atoms with E-state index >= 15 is 0 Å². The molecule has 0 atom stereocenters. The Balaban J connectivity index is 2.19. The van der Waals surface area contributed by atoms with E-state index in [2.05, 4.69) is 35.8 Å². The van der Waals surface area contributed by atoms with E-state index in [1.807, 2.05) is 50.1 Å². The molecule has 0 radical (unpaired) electrons. The predicted octanol–water partition coefficient (Wildman–Crippen LogP) is 7.94. The molecule has 0 aromatic heterocycles. The third kappa shape index (κ3) is 14.0. The predicted molar refractivity (Wildman–Crippen MR) is 106 cm³/mol. The molecule has 0 amide bonds. The first-order valence-corrected chi connectivity index (χ1v) is 14.1. The lowest BCUT2D eigenvalue weighted by atomic mass is 10.1. The molecule has 0 fully saturated rings. The normalized spacial score (nSPS) is 21.5. The van der Waals surface area contributed by atoms with Crippen LogP contribution in [-0.4, -0.2) is 5.75 Å². The zero-order valence-corrected chi connectivity index (χ0v) is 15.8. The van der Waals surface area contributed by atoms with Gasteiger partial charge in [-0.25, -0.2) is 0 Å². The van der Waals surface area contributed by atoms with Crippen LogP contribution in [0.25, 0.3) is 0 Å². The maximum absolute atomic E-state index is 2.28. The van der Waals surface area contributed by atoms with Gasteiger partial charge in [0.25, 0.3) is 0 Å². The molecule has 1 heterocycles. The van der Waals surface area contributed by atoms with Crippen molar-refractivity contribution in [1.29, 1.82) is 0 Å². The molecule has 0 N–H and O–H groups in total. The van der Waals surface area contributed by atoms with Crippen LogP contribution < -0.4 is 0 Å². The molecule has 0 aromatic carbocycles. The highest BCUT2D eigenvalue weighted by Gasteiger charge is 1.95. The van der Waals surface area contributed by atoms with Crippen molar-refractivity contribution in [2.24, 2.45) is 0 Å². The fourth-order valence-electron chi connectivity index (χ4n) is 1.45. The number of rotatable bonds is 0. The van der Waals surface area contributed by atoms with Crippen molar-refractivity contribution in [3.05, 3.63) is 35.8 Å². The van der Waals surface area contributed by atoms with Crippen molar-refractivity contribution >= 4 is 60.9 Å². The third-order valence-electron chi connectivity index (χ3n) is 2.37. The second kappa shape index (κ2) is 15.7. The Morgan fingerprint density at radius 1 is 0.632 bits per heavy atom. The van der Waals surface area contributed by atoms with Gasteiger partial charge in [0.2, 0.25) is 0 Å². The molecule has 1 aliphatic rings. The van der Waals surface area contributed by atoms with Gasteiger partial charge in [-0.05, 0) is 64.0 Å². The Labute approximate surface area is 140 Å². The minimum Gasteiger partial charge on any atom is -0.0845 e. The van der Waals surface area contributed by atoms with Gasteiger partial charge >= 0.3 is 0 Å². The van der Waals surface area contributed by atoms with Crippen LogP contribution in [0.2, 0.25) is 0 Å². The summed E-state index contributed by atoms with van der Waals surface area (Å²) < 4.78 is 0. The van der Waals surface area contributed by atoms with Gasteiger partial charge in [-0.3, -0.25) is 0 Å². The third-order valence-corrected chi connectivity index (χ3v) is 12.9. The molecular formula is C13H20S6. The zero-order valence-electron chi connectivity index (χ0n) is 10.9. The van der Waals surface area contributed by atoms with Crippen LogP contribution in [0.4, 0.5) is 0 Å². The van der Waals surface area contributed by atoms with E-state index in [4.69, 9.17) is 0 Å². The second-order valence-electron chi connectivity index (χ2n) is 3.89. The molecule has 108 valence electrons. The van der Waals surface area contributed by atoms with Gasteiger partial charge in [0.15, 0.2) is 0 Å². The van der Waals surface area contributed by atoms with Crippen LogP contribution in [0.15, 0.2) is 35.8 Å². The molecule has 6 heteroatoms. The van der Waals surface area contributed by atoms with E-state index in [1.54, 1.807) is 10.8 Å². The average molecular weight is 369 g/mol. The summed E-state index contributed by atoms with van der Waals surface area (Å²) in [5.74, 6) is 1.29. The molecular weight excluding hydrogens is 349 g/mol. The Morgan fingerprint density at radius 2 is 1.42 bits per heavy atom. The summed E-state index contributed by atoms with van der Waals surface area (Å²) in [6, 6.07) is 0. The van der Waals surface area contributed by atoms with Gasteiger partial charge < -0.3 is 0 Å². The summed E-state index contributed by atoms with van der Waals surface area (Å²) in [5, 5.41) is 2.13. The van der Waals surface area contributed by atoms with Crippen molar-refractivity contribution < 1.29 is 0 Å². The summed E-state index contributed by atoms with van der Waals surface area (Å²) in [7, 11) is 11.2. The van der Waals surface area contributed by atoms with E-state index in [9.17, 15) is 0 Å². The van der Waals surface area contributed by atoms with Crippen molar-refractivity contribution in [2.45, 2.75) is 38.5 Å². The Bertz CT molecular complexity index is 248. The van der Waals surface area contributed by atoms with E-state index in [0.29, 0.717) is 0 Å². The smallest absolute Gasteiger partial charge is 0.00454 e. The molecule has 0 aliphatic carbocycles. The van der Waals surface area contributed by atoms with E-state index in [0.717, 1.165) is 0 Å². The average Bonchev–Trinajstić information content (AvgIpc) is 2.43. The number of hydrogen-bond acceptors (Lipinski definition) is 6. The molecule has 1 aliphatic heterocycles. The topological polar surface area (TPSA) is 0 Å². The highest BCUT2D eigenvalue weighted by molar-refractivity contribution is 9.42. The molecule has 0 spiro atoms. The summed E-state index contributed by atoms with van der Waals surface area (Å²) in [6.07, 6.45) is 18.8. The fraction of sp³-hybridized carbons (Fsp3) is 0.538. The fourth-order valence-corrected chi connectivity index (χ4v) is 12.3. The highest BCUT2D eigenvalue weighted by atomic mass is 33.9. The molecule has 0 bridgehead atoms. The Kier molecular flexibility index (Phi) is 15.2. The van der Waals surface area contributed by atoms with Crippen LogP contribution >= 0.6 is 60.9 Å². The van der Waals surface area contributed by atoms with E-state index < -0.39 is 0 Å². The first kappa shape index (κ1) is 18.4. The van der Waals surface area contributed by atoms with Crippen LogP contribution in [0.1, 0.15) is 38.5 Å². The van der Waals surface area contributed by atoms with Crippen LogP contribution in [0.5, 0.6) is 0 Å². The van der Waals surface area contributed by atoms with Crippen molar-refractivity contribution in [2.75, 3.05) is 5.75 Å². The lowest BCUT2D eigenvalue weighted by molar-refractivity contribution is 0.640. The standard InChI is InChI=1S/C13H20S6/c1-2-4-6-8-10-12-14-16-18-19-17-15-13-11-9-7-5-3-1/h2,4,6,8,10,12H,1,3,5,7,9,11,13H2. The Hall–Kier alpha value is 1.32. The van der Waals surface area contributed by atoms with Gasteiger partial charge in [0.1, 0.15) is 0 Å². The summed E-state index contributed by atoms with van der Waals surface area (Å²) in [5.41, 5.74) is 0. The monoisotopic (exact) mass is 368 g/mol. The van der Waals surface area contributed by atoms with Gasteiger partial charge in [-0.15, -0.1) is 0 Å². The first-order chi connectivity index (χ1) is 9.50. The SMILES string of the molecule is C1=CC=CSSSSSSCCCCCCCC=C1. The minimum atomic E-state index is 1.22. The van der Waals surface area contributed by atoms with Crippen molar-refractivity contribution in [1.82, 2.24) is 0 Å². The maximum atomic E-state index is 2.28. The lowest BCUT2D eigenvalue weighted by Crippen LogP contribution is -1.80. The quantitative estimate of drug-likeness (QED) is 0.395. The zero-order chi connectivity index (χ0) is 13.4. The van der Waals surface area contributed by atoms with Gasteiger partial charge in [-0.1, -0.05) is 71.2 Å². The number of allylic oxidation sites excluding steroid dienone is 5. The summed E-state index contributed by atoms with van der Waals surface area (Å²) >= 11 is 0. The molecule has 0 saturated carbocycles. The number of hydrogen-bond donors (Lipinski definition) is 0. The molecule has 19 heavy (non-hydrogen) atoms. The largest absolute Gasteiger partial charge is 0.0845 e. The highest BCUT2D eigenvalue weighted by Crippen LogP contribution is 2.52. The lowest BCUT2D eigenvalue weighted by Gasteiger charge is -2.00. The molecule has 0 aromatic rings. The first-order valence-electron chi connectivity index (χ1n) is 6.43. The minimum absolute atomic E-state index is 1.22. The van der Waals surface area contributed by atoms with Gasteiger partial charge in [-0.2, -0.15) is 0 Å². The summed E-state index contributed by atoms with van der Waals surface area (Å²) in [6.45, 7) is 0. The molecule has 0 unspecified atom stereocenters. The van der Waals surface area contributed by atoms with Crippen molar-refractivity contribution in [3.8, 4) is 0 Å². The van der Waals surface area contributed by atoms with Crippen LogP contribution in [0.3, 0.4) is 0 Å². The summed E-state index contributed by atoms with van der Waals surface area (Å²) in [4.78, 5) is 0.